The molecule has 2 aliphatic carbocycles. The molecular formula is C64H59N3. The molecule has 3 heterocycles. The van der Waals surface area contributed by atoms with E-state index >= 15 is 0 Å². The highest BCUT2D eigenvalue weighted by Crippen LogP contribution is 2.53. The molecule has 67 heavy (non-hydrogen) atoms. The van der Waals surface area contributed by atoms with Crippen molar-refractivity contribution in [1.82, 2.24) is 13.7 Å². The van der Waals surface area contributed by atoms with Crippen LogP contribution in [-0.2, 0) is 21.7 Å². The molecule has 8 aromatic carbocycles. The number of rotatable bonds is 4. The predicted molar refractivity (Wildman–Crippen MR) is 285 cm³/mol. The molecule has 330 valence electrons. The van der Waals surface area contributed by atoms with Crippen LogP contribution in [0.1, 0.15) is 103 Å². The van der Waals surface area contributed by atoms with E-state index in [1.807, 2.05) is 0 Å². The highest BCUT2D eigenvalue weighted by molar-refractivity contribution is 6.13. The van der Waals surface area contributed by atoms with Crippen molar-refractivity contribution >= 4 is 65.4 Å². The molecule has 0 amide bonds. The fraction of sp³-hybridized carbons (Fsp3) is 0.250. The number of nitrogens with zero attached hydrogens (tertiary/aromatic N) is 3. The van der Waals surface area contributed by atoms with Gasteiger partial charge in [0, 0.05) is 49.1 Å². The number of aromatic nitrogens is 3. The molecule has 11 aromatic rings. The van der Waals surface area contributed by atoms with Gasteiger partial charge in [-0.05, 0) is 142 Å². The molecule has 0 saturated heterocycles. The van der Waals surface area contributed by atoms with Crippen LogP contribution >= 0.6 is 0 Å². The highest BCUT2D eigenvalue weighted by atomic mass is 15.0. The maximum absolute atomic E-state index is 2.65. The van der Waals surface area contributed by atoms with E-state index in [1.165, 1.54) is 116 Å². The van der Waals surface area contributed by atoms with Crippen LogP contribution in [0, 0.1) is 0 Å². The Balaban J connectivity index is 1.18. The number of fused-ring (bicyclic) bond motifs is 11. The van der Waals surface area contributed by atoms with Crippen molar-refractivity contribution in [3.05, 3.63) is 186 Å². The standard InChI is InChI=1S/C64H59N3/c1-61(2)31-33-63(5,6)51-38-59(66-55-26-16-11-21-43(55)44-22-12-17-27-56(44)66)47(36-49(51)61)48-37-50-52(64(7,8)34-32-62(50,3)4)39-60(48)67-57-28-18-13-23-45(57)46-35-40(29-30-58(46)67)65-53-24-14-9-19-41(53)42-20-10-15-25-54(42)65/h9-30,35-39H,31-34H2,1-8H3. The van der Waals surface area contributed by atoms with E-state index in [2.05, 4.69) is 233 Å². The molecule has 0 spiro atoms. The topological polar surface area (TPSA) is 14.8 Å². The maximum atomic E-state index is 2.65. The first-order chi connectivity index (χ1) is 32.2. The van der Waals surface area contributed by atoms with Gasteiger partial charge < -0.3 is 13.7 Å². The summed E-state index contributed by atoms with van der Waals surface area (Å²) < 4.78 is 7.68. The van der Waals surface area contributed by atoms with Crippen molar-refractivity contribution in [3.63, 3.8) is 0 Å². The van der Waals surface area contributed by atoms with Gasteiger partial charge in [-0.1, -0.05) is 146 Å². The molecule has 3 aromatic heterocycles. The Kier molecular flexibility index (Phi) is 8.36. The van der Waals surface area contributed by atoms with Gasteiger partial charge in [0.2, 0.25) is 0 Å². The zero-order valence-electron chi connectivity index (χ0n) is 40.3. The summed E-state index contributed by atoms with van der Waals surface area (Å²) in [6, 6.07) is 62.6. The molecule has 3 heteroatoms. The van der Waals surface area contributed by atoms with Crippen molar-refractivity contribution in [2.45, 2.75) is 103 Å². The zero-order chi connectivity index (χ0) is 45.8. The fourth-order valence-corrected chi connectivity index (χ4v) is 12.7. The molecular weight excluding hydrogens is 811 g/mol. The van der Waals surface area contributed by atoms with Crippen LogP contribution in [-0.4, -0.2) is 13.7 Å². The third-order valence-electron chi connectivity index (χ3n) is 16.8. The molecule has 0 unspecified atom stereocenters. The molecule has 2 aliphatic rings. The van der Waals surface area contributed by atoms with Gasteiger partial charge in [0.25, 0.3) is 0 Å². The number of benzene rings is 8. The lowest BCUT2D eigenvalue weighted by Crippen LogP contribution is -2.34. The van der Waals surface area contributed by atoms with Crippen LogP contribution in [0.5, 0.6) is 0 Å². The Labute approximate surface area is 394 Å². The van der Waals surface area contributed by atoms with Crippen LogP contribution in [0.3, 0.4) is 0 Å². The molecule has 0 bridgehead atoms. The van der Waals surface area contributed by atoms with Gasteiger partial charge in [0.15, 0.2) is 0 Å². The largest absolute Gasteiger partial charge is 0.309 e. The van der Waals surface area contributed by atoms with E-state index in [1.54, 1.807) is 0 Å². The van der Waals surface area contributed by atoms with Gasteiger partial charge in [0.05, 0.1) is 44.5 Å². The lowest BCUT2D eigenvalue weighted by atomic mass is 9.61. The third kappa shape index (κ3) is 5.76. The second kappa shape index (κ2) is 13.9. The maximum Gasteiger partial charge on any atom is 0.0544 e. The summed E-state index contributed by atoms with van der Waals surface area (Å²) in [5.74, 6) is 0. The molecule has 0 aliphatic heterocycles. The Bertz CT molecular complexity index is 3770. The van der Waals surface area contributed by atoms with Gasteiger partial charge >= 0.3 is 0 Å². The summed E-state index contributed by atoms with van der Waals surface area (Å²) in [6.45, 7) is 19.8. The Morgan fingerprint density at radius 3 is 0.925 bits per heavy atom. The number of para-hydroxylation sites is 5. The van der Waals surface area contributed by atoms with Gasteiger partial charge in [-0.25, -0.2) is 0 Å². The zero-order valence-corrected chi connectivity index (χ0v) is 40.3. The van der Waals surface area contributed by atoms with Crippen LogP contribution in [0.2, 0.25) is 0 Å². The minimum atomic E-state index is 0.0120. The summed E-state index contributed by atoms with van der Waals surface area (Å²) in [5, 5.41) is 7.65. The molecule has 0 radical (unpaired) electrons. The minimum Gasteiger partial charge on any atom is -0.309 e. The predicted octanol–water partition coefficient (Wildman–Crippen LogP) is 17.3. The number of hydrogen-bond acceptors (Lipinski definition) is 0. The first-order valence-corrected chi connectivity index (χ1v) is 24.6. The van der Waals surface area contributed by atoms with Crippen molar-refractivity contribution in [3.8, 4) is 28.2 Å². The monoisotopic (exact) mass is 869 g/mol. The van der Waals surface area contributed by atoms with E-state index in [4.69, 9.17) is 0 Å². The SMILES string of the molecule is CC1(C)CCC(C)(C)c2cc(-n3c4ccccc4c4ccccc43)c(-c3cc4c(cc3-n3c5ccccc5c5cc(-n6c7ccccc7c7ccccc76)ccc53)C(C)(C)CCC4(C)C)cc21. The van der Waals surface area contributed by atoms with Gasteiger partial charge in [-0.3, -0.25) is 0 Å². The van der Waals surface area contributed by atoms with Crippen molar-refractivity contribution in [2.75, 3.05) is 0 Å². The third-order valence-corrected chi connectivity index (χ3v) is 16.8. The molecule has 0 atom stereocenters. The van der Waals surface area contributed by atoms with E-state index in [0.717, 1.165) is 25.7 Å². The van der Waals surface area contributed by atoms with Gasteiger partial charge in [-0.15, -0.1) is 0 Å². The van der Waals surface area contributed by atoms with Crippen LogP contribution in [0.4, 0.5) is 0 Å². The lowest BCUT2D eigenvalue weighted by Gasteiger charge is -2.43. The smallest absolute Gasteiger partial charge is 0.0544 e. The summed E-state index contributed by atoms with van der Waals surface area (Å²) in [6.07, 6.45) is 4.61. The average Bonchev–Trinajstić information content (AvgIpc) is 3.97. The quantitative estimate of drug-likeness (QED) is 0.167. The second-order valence-corrected chi connectivity index (χ2v) is 22.7. The molecule has 0 saturated carbocycles. The van der Waals surface area contributed by atoms with Crippen LogP contribution < -0.4 is 0 Å². The molecule has 3 nitrogen and oxygen atoms in total. The fourth-order valence-electron chi connectivity index (χ4n) is 12.7. The van der Waals surface area contributed by atoms with Crippen LogP contribution in [0.25, 0.3) is 93.6 Å². The van der Waals surface area contributed by atoms with E-state index in [0.29, 0.717) is 0 Å². The van der Waals surface area contributed by atoms with Crippen molar-refractivity contribution < 1.29 is 0 Å². The molecule has 0 fully saturated rings. The van der Waals surface area contributed by atoms with E-state index in [-0.39, 0.29) is 21.7 Å². The molecule has 0 N–H and O–H groups in total. The molecule has 13 rings (SSSR count). The first-order valence-electron chi connectivity index (χ1n) is 24.6. The van der Waals surface area contributed by atoms with Gasteiger partial charge in [-0.2, -0.15) is 0 Å². The van der Waals surface area contributed by atoms with E-state index < -0.39 is 0 Å². The highest BCUT2D eigenvalue weighted by Gasteiger charge is 2.41. The Morgan fingerprint density at radius 1 is 0.284 bits per heavy atom. The lowest BCUT2D eigenvalue weighted by molar-refractivity contribution is 0.331. The summed E-state index contributed by atoms with van der Waals surface area (Å²) in [5.41, 5.74) is 19.6. The second-order valence-electron chi connectivity index (χ2n) is 22.7. The van der Waals surface area contributed by atoms with Crippen molar-refractivity contribution in [1.29, 1.82) is 0 Å². The van der Waals surface area contributed by atoms with Gasteiger partial charge in [0.1, 0.15) is 0 Å². The summed E-state index contributed by atoms with van der Waals surface area (Å²) >= 11 is 0. The Hall–Kier alpha value is -6.84. The first kappa shape index (κ1) is 40.4. The summed E-state index contributed by atoms with van der Waals surface area (Å²) in [4.78, 5) is 0. The minimum absolute atomic E-state index is 0.0120. The van der Waals surface area contributed by atoms with E-state index in [9.17, 15) is 0 Å². The van der Waals surface area contributed by atoms with Crippen LogP contribution in [0.15, 0.2) is 164 Å². The number of hydrogen-bond donors (Lipinski definition) is 0. The normalized spacial score (nSPS) is 17.2. The Morgan fingerprint density at radius 2 is 0.567 bits per heavy atom. The van der Waals surface area contributed by atoms with Crippen molar-refractivity contribution in [2.24, 2.45) is 0 Å². The summed E-state index contributed by atoms with van der Waals surface area (Å²) in [7, 11) is 0. The average molecular weight is 870 g/mol.